The number of aryl methyl sites for hydroxylation is 1. The van der Waals surface area contributed by atoms with E-state index in [1.165, 1.54) is 6.07 Å². The summed E-state index contributed by atoms with van der Waals surface area (Å²) >= 11 is 0. The lowest BCUT2D eigenvalue weighted by atomic mass is 10.1. The van der Waals surface area contributed by atoms with Crippen LogP contribution in [0.15, 0.2) is 28.8 Å². The van der Waals surface area contributed by atoms with Gasteiger partial charge in [0, 0.05) is 25.1 Å². The molecule has 0 radical (unpaired) electrons. The summed E-state index contributed by atoms with van der Waals surface area (Å²) in [6.07, 6.45) is -0.296. The van der Waals surface area contributed by atoms with Crippen molar-refractivity contribution < 1.29 is 14.0 Å². The van der Waals surface area contributed by atoms with Crippen molar-refractivity contribution in [2.45, 2.75) is 19.4 Å². The number of nitrogens with zero attached hydrogens (tertiary/aromatic N) is 2. The molecule has 0 aliphatic rings. The molecule has 1 aromatic carbocycles. The molecular formula is C13H16FN3O2. The summed E-state index contributed by atoms with van der Waals surface area (Å²) in [7, 11) is 0. The van der Waals surface area contributed by atoms with E-state index in [1.54, 1.807) is 25.1 Å². The lowest BCUT2D eigenvalue weighted by Gasteiger charge is -2.12. The number of aliphatic hydroxyl groups is 1. The molecule has 2 rings (SSSR count). The number of aliphatic hydroxyl groups excluding tert-OH is 1. The van der Waals surface area contributed by atoms with E-state index in [0.717, 1.165) is 0 Å². The van der Waals surface area contributed by atoms with E-state index in [4.69, 9.17) is 4.52 Å². The van der Waals surface area contributed by atoms with E-state index < -0.39 is 11.9 Å². The standard InChI is InChI=1S/C13H16FN3O2/c1-9-16-13(19-17-9)6-7-15-8-12(18)10-4-2-3-5-11(10)14/h2-5,12,15,18H,6-8H2,1H3. The van der Waals surface area contributed by atoms with Crippen LogP contribution in [-0.4, -0.2) is 28.3 Å². The Labute approximate surface area is 110 Å². The third-order valence-electron chi connectivity index (χ3n) is 2.69. The minimum atomic E-state index is -0.870. The highest BCUT2D eigenvalue weighted by molar-refractivity contribution is 5.19. The molecule has 1 atom stereocenters. The Morgan fingerprint density at radius 1 is 1.42 bits per heavy atom. The Hall–Kier alpha value is -1.79. The van der Waals surface area contributed by atoms with Crippen molar-refractivity contribution in [2.75, 3.05) is 13.1 Å². The molecule has 0 saturated heterocycles. The summed E-state index contributed by atoms with van der Waals surface area (Å²) < 4.78 is 18.3. The van der Waals surface area contributed by atoms with Gasteiger partial charge in [0.05, 0.1) is 6.10 Å². The fourth-order valence-electron chi connectivity index (χ4n) is 1.73. The van der Waals surface area contributed by atoms with E-state index in [2.05, 4.69) is 15.5 Å². The third kappa shape index (κ3) is 3.84. The van der Waals surface area contributed by atoms with Crippen LogP contribution in [0.25, 0.3) is 0 Å². The summed E-state index contributed by atoms with van der Waals surface area (Å²) in [5, 5.41) is 16.5. The van der Waals surface area contributed by atoms with Crippen LogP contribution in [0.2, 0.25) is 0 Å². The van der Waals surface area contributed by atoms with Gasteiger partial charge in [-0.2, -0.15) is 4.98 Å². The first-order valence-corrected chi connectivity index (χ1v) is 6.09. The van der Waals surface area contributed by atoms with Gasteiger partial charge in [0.25, 0.3) is 0 Å². The Bertz CT molecular complexity index is 530. The summed E-state index contributed by atoms with van der Waals surface area (Å²) in [5.74, 6) is 0.746. The highest BCUT2D eigenvalue weighted by Gasteiger charge is 2.11. The van der Waals surface area contributed by atoms with Crippen LogP contribution in [0.4, 0.5) is 4.39 Å². The van der Waals surface area contributed by atoms with Crippen molar-refractivity contribution in [1.82, 2.24) is 15.5 Å². The van der Waals surface area contributed by atoms with E-state index in [0.29, 0.717) is 30.2 Å². The molecule has 1 unspecified atom stereocenters. The number of aromatic nitrogens is 2. The lowest BCUT2D eigenvalue weighted by Crippen LogP contribution is -2.24. The van der Waals surface area contributed by atoms with Crippen LogP contribution in [0, 0.1) is 12.7 Å². The molecule has 0 aliphatic heterocycles. The van der Waals surface area contributed by atoms with Gasteiger partial charge < -0.3 is 14.9 Å². The number of halogens is 1. The van der Waals surface area contributed by atoms with Gasteiger partial charge in [-0.3, -0.25) is 0 Å². The van der Waals surface area contributed by atoms with Crippen molar-refractivity contribution in [3.05, 3.63) is 47.4 Å². The lowest BCUT2D eigenvalue weighted by molar-refractivity contribution is 0.170. The molecule has 102 valence electrons. The molecule has 0 spiro atoms. The molecule has 0 fully saturated rings. The second-order valence-corrected chi connectivity index (χ2v) is 4.23. The zero-order valence-corrected chi connectivity index (χ0v) is 10.6. The minimum Gasteiger partial charge on any atom is -0.387 e. The minimum absolute atomic E-state index is 0.272. The number of hydrogen-bond acceptors (Lipinski definition) is 5. The molecule has 0 amide bonds. The molecule has 1 aromatic heterocycles. The Kier molecular flexibility index (Phi) is 4.59. The predicted octanol–water partition coefficient (Wildman–Crippen LogP) is 1.38. The van der Waals surface area contributed by atoms with Crippen molar-refractivity contribution in [3.8, 4) is 0 Å². The molecule has 0 saturated carbocycles. The van der Waals surface area contributed by atoms with Gasteiger partial charge in [0.1, 0.15) is 5.82 Å². The van der Waals surface area contributed by atoms with Gasteiger partial charge in [0.2, 0.25) is 5.89 Å². The Morgan fingerprint density at radius 3 is 2.89 bits per heavy atom. The first kappa shape index (κ1) is 13.6. The largest absolute Gasteiger partial charge is 0.387 e. The van der Waals surface area contributed by atoms with Crippen LogP contribution in [0.1, 0.15) is 23.4 Å². The molecule has 1 heterocycles. The van der Waals surface area contributed by atoms with E-state index in [9.17, 15) is 9.50 Å². The Morgan fingerprint density at radius 2 is 2.21 bits per heavy atom. The van der Waals surface area contributed by atoms with Crippen molar-refractivity contribution >= 4 is 0 Å². The predicted molar refractivity (Wildman–Crippen MR) is 67.0 cm³/mol. The fraction of sp³-hybridized carbons (Fsp3) is 0.385. The van der Waals surface area contributed by atoms with Crippen molar-refractivity contribution in [3.63, 3.8) is 0 Å². The maximum absolute atomic E-state index is 13.4. The summed E-state index contributed by atoms with van der Waals surface area (Å²) in [6.45, 7) is 2.60. The van der Waals surface area contributed by atoms with E-state index in [-0.39, 0.29) is 6.54 Å². The number of hydrogen-bond donors (Lipinski definition) is 2. The quantitative estimate of drug-likeness (QED) is 0.772. The molecule has 0 bridgehead atoms. The maximum atomic E-state index is 13.4. The highest BCUT2D eigenvalue weighted by Crippen LogP contribution is 2.15. The van der Waals surface area contributed by atoms with E-state index in [1.807, 2.05) is 0 Å². The fourth-order valence-corrected chi connectivity index (χ4v) is 1.73. The van der Waals surface area contributed by atoms with Gasteiger partial charge in [-0.25, -0.2) is 4.39 Å². The molecule has 2 aromatic rings. The molecule has 19 heavy (non-hydrogen) atoms. The average Bonchev–Trinajstić information content (AvgIpc) is 2.81. The first-order chi connectivity index (χ1) is 9.16. The number of nitrogens with one attached hydrogen (secondary N) is 1. The first-order valence-electron chi connectivity index (χ1n) is 6.09. The van der Waals surface area contributed by atoms with Crippen LogP contribution < -0.4 is 5.32 Å². The van der Waals surface area contributed by atoms with Gasteiger partial charge >= 0.3 is 0 Å². The number of benzene rings is 1. The van der Waals surface area contributed by atoms with Crippen LogP contribution in [0.3, 0.4) is 0 Å². The molecule has 2 N–H and O–H groups in total. The summed E-state index contributed by atoms with van der Waals surface area (Å²) in [6, 6.07) is 6.20. The smallest absolute Gasteiger partial charge is 0.227 e. The SMILES string of the molecule is Cc1noc(CCNCC(O)c2ccccc2F)n1. The molecule has 6 heteroatoms. The normalized spacial score (nSPS) is 12.6. The summed E-state index contributed by atoms with van der Waals surface area (Å²) in [5.41, 5.74) is 0.295. The average molecular weight is 265 g/mol. The third-order valence-corrected chi connectivity index (χ3v) is 2.69. The van der Waals surface area contributed by atoms with Gasteiger partial charge in [-0.1, -0.05) is 23.4 Å². The van der Waals surface area contributed by atoms with Crippen molar-refractivity contribution in [2.24, 2.45) is 0 Å². The van der Waals surface area contributed by atoms with Crippen LogP contribution in [-0.2, 0) is 6.42 Å². The summed E-state index contributed by atoms with van der Waals surface area (Å²) in [4.78, 5) is 4.06. The number of rotatable bonds is 6. The molecule has 5 nitrogen and oxygen atoms in total. The van der Waals surface area contributed by atoms with Crippen LogP contribution in [0.5, 0.6) is 0 Å². The van der Waals surface area contributed by atoms with Crippen molar-refractivity contribution in [1.29, 1.82) is 0 Å². The van der Waals surface area contributed by atoms with Gasteiger partial charge in [-0.05, 0) is 13.0 Å². The highest BCUT2D eigenvalue weighted by atomic mass is 19.1. The molecule has 0 aliphatic carbocycles. The topological polar surface area (TPSA) is 71.2 Å². The van der Waals surface area contributed by atoms with Gasteiger partial charge in [-0.15, -0.1) is 0 Å². The Balaban J connectivity index is 1.75. The zero-order chi connectivity index (χ0) is 13.7. The van der Waals surface area contributed by atoms with Gasteiger partial charge in [0.15, 0.2) is 5.82 Å². The maximum Gasteiger partial charge on any atom is 0.227 e. The second kappa shape index (κ2) is 6.40. The van der Waals surface area contributed by atoms with Crippen LogP contribution >= 0.6 is 0 Å². The monoisotopic (exact) mass is 265 g/mol. The molecular weight excluding hydrogens is 249 g/mol. The second-order valence-electron chi connectivity index (χ2n) is 4.23. The zero-order valence-electron chi connectivity index (χ0n) is 10.6. The van der Waals surface area contributed by atoms with E-state index >= 15 is 0 Å².